The van der Waals surface area contributed by atoms with Gasteiger partial charge in [-0.2, -0.15) is 0 Å². The molecule has 0 bridgehead atoms. The highest BCUT2D eigenvalue weighted by Gasteiger charge is 2.48. The van der Waals surface area contributed by atoms with E-state index in [4.69, 9.17) is 9.47 Å². The van der Waals surface area contributed by atoms with Crippen molar-refractivity contribution in [2.24, 2.45) is 11.8 Å². The Balaban J connectivity index is 1.22. The number of carbonyl (C=O) groups excluding carboxylic acids is 2. The maximum Gasteiger partial charge on any atom is 0.171 e. The van der Waals surface area contributed by atoms with E-state index in [-0.39, 0.29) is 55.2 Å². The van der Waals surface area contributed by atoms with Crippen LogP contribution >= 0.6 is 0 Å². The van der Waals surface area contributed by atoms with E-state index in [1.807, 2.05) is 6.92 Å². The van der Waals surface area contributed by atoms with Crippen LogP contribution in [-0.4, -0.2) is 99.4 Å². The van der Waals surface area contributed by atoms with E-state index in [1.165, 1.54) is 6.20 Å². The van der Waals surface area contributed by atoms with Gasteiger partial charge in [0.1, 0.15) is 17.7 Å². The quantitative estimate of drug-likeness (QED) is 0.200. The van der Waals surface area contributed by atoms with E-state index in [0.717, 1.165) is 5.82 Å². The van der Waals surface area contributed by atoms with E-state index < -0.39 is 30.3 Å². The van der Waals surface area contributed by atoms with Crippen LogP contribution in [0.25, 0.3) is 0 Å². The second-order valence-electron chi connectivity index (χ2n) is 10.6. The lowest BCUT2D eigenvalue weighted by atomic mass is 9.85. The van der Waals surface area contributed by atoms with E-state index >= 15 is 0 Å². The molecule has 3 fully saturated rings. The summed E-state index contributed by atoms with van der Waals surface area (Å²) in [7, 11) is 0. The van der Waals surface area contributed by atoms with Gasteiger partial charge in [0.25, 0.3) is 0 Å². The molecule has 1 aromatic rings. The molecular formula is C26H38N2O8. The van der Waals surface area contributed by atoms with Crippen LogP contribution in [0.5, 0.6) is 0 Å². The number of nitrogens with zero attached hydrogens (tertiary/aromatic N) is 2. The minimum Gasteiger partial charge on any atom is -0.393 e. The number of anilines is 1. The first kappa shape index (κ1) is 27.1. The number of ketones is 2. The highest BCUT2D eigenvalue weighted by Crippen LogP contribution is 2.37. The molecule has 3 saturated heterocycles. The molecule has 10 heteroatoms. The number of pyridine rings is 1. The first-order chi connectivity index (χ1) is 17.1. The van der Waals surface area contributed by atoms with Crippen molar-refractivity contribution in [3.05, 3.63) is 23.9 Å². The Bertz CT molecular complexity index is 902. The molecule has 1 aromatic heterocycles. The van der Waals surface area contributed by atoms with Crippen LogP contribution in [0.3, 0.4) is 0 Å². The van der Waals surface area contributed by atoms with Crippen molar-refractivity contribution < 1.29 is 39.5 Å². The second kappa shape index (κ2) is 11.6. The molecule has 3 aliphatic rings. The third-order valence-corrected chi connectivity index (χ3v) is 7.81. The largest absolute Gasteiger partial charge is 0.393 e. The molecule has 4 heterocycles. The van der Waals surface area contributed by atoms with Gasteiger partial charge >= 0.3 is 0 Å². The molecule has 8 atom stereocenters. The predicted molar refractivity (Wildman–Crippen MR) is 130 cm³/mol. The maximum absolute atomic E-state index is 12.6. The van der Waals surface area contributed by atoms with Crippen LogP contribution in [0.1, 0.15) is 56.3 Å². The Kier molecular flexibility index (Phi) is 8.75. The van der Waals surface area contributed by atoms with Crippen LogP contribution < -0.4 is 4.90 Å². The SMILES string of the molecule is C[C@H]([C@@H]1O[C@H]1C[C@@H]1OC[C@H](CC(=O)CC(=O)c2ccc(N3CCC(O)CC3)nc2)[C@@H](O)[C@H]1O)[C@H](C)O. The Morgan fingerprint density at radius 1 is 1.11 bits per heavy atom. The first-order valence-corrected chi connectivity index (χ1v) is 12.9. The molecule has 200 valence electrons. The Labute approximate surface area is 211 Å². The average Bonchev–Trinajstić information content (AvgIpc) is 3.63. The second-order valence-corrected chi connectivity index (χ2v) is 10.6. The molecule has 36 heavy (non-hydrogen) atoms. The topological polar surface area (TPSA) is 153 Å². The smallest absolute Gasteiger partial charge is 0.171 e. The highest BCUT2D eigenvalue weighted by atomic mass is 16.6. The van der Waals surface area contributed by atoms with Gasteiger partial charge < -0.3 is 34.8 Å². The Morgan fingerprint density at radius 2 is 1.83 bits per heavy atom. The number of hydrogen-bond donors (Lipinski definition) is 4. The van der Waals surface area contributed by atoms with Gasteiger partial charge in [0.2, 0.25) is 0 Å². The fraction of sp³-hybridized carbons (Fsp3) is 0.731. The lowest BCUT2D eigenvalue weighted by molar-refractivity contribution is -0.170. The van der Waals surface area contributed by atoms with Crippen LogP contribution in [0.4, 0.5) is 5.82 Å². The lowest BCUT2D eigenvalue weighted by Crippen LogP contribution is -2.51. The number of epoxide rings is 1. The number of Topliss-reactive ketones (excluding diaryl/α,β-unsaturated/α-hetero) is 2. The number of aliphatic hydroxyl groups excluding tert-OH is 4. The highest BCUT2D eigenvalue weighted by molar-refractivity contribution is 6.07. The van der Waals surface area contributed by atoms with Crippen molar-refractivity contribution in [2.45, 2.75) is 88.7 Å². The number of hydrogen-bond acceptors (Lipinski definition) is 10. The maximum atomic E-state index is 12.6. The van der Waals surface area contributed by atoms with E-state index in [1.54, 1.807) is 19.1 Å². The van der Waals surface area contributed by atoms with Crippen molar-refractivity contribution in [1.29, 1.82) is 0 Å². The summed E-state index contributed by atoms with van der Waals surface area (Å²) in [6, 6.07) is 3.41. The third-order valence-electron chi connectivity index (χ3n) is 7.81. The first-order valence-electron chi connectivity index (χ1n) is 12.9. The summed E-state index contributed by atoms with van der Waals surface area (Å²) in [5.74, 6) is -0.572. The molecule has 0 spiro atoms. The average molecular weight is 507 g/mol. The number of aliphatic hydroxyl groups is 4. The van der Waals surface area contributed by atoms with Crippen molar-refractivity contribution in [3.8, 4) is 0 Å². The number of rotatable bonds is 10. The Morgan fingerprint density at radius 3 is 2.47 bits per heavy atom. The van der Waals surface area contributed by atoms with Crippen LogP contribution in [0.2, 0.25) is 0 Å². The zero-order chi connectivity index (χ0) is 26.0. The molecule has 0 unspecified atom stereocenters. The predicted octanol–water partition coefficient (Wildman–Crippen LogP) is 0.486. The van der Waals surface area contributed by atoms with Crippen LogP contribution in [-0.2, 0) is 14.3 Å². The van der Waals surface area contributed by atoms with Gasteiger partial charge in [0.05, 0.1) is 49.7 Å². The lowest BCUT2D eigenvalue weighted by Gasteiger charge is -2.37. The summed E-state index contributed by atoms with van der Waals surface area (Å²) in [6.45, 7) is 5.12. The zero-order valence-corrected chi connectivity index (χ0v) is 20.9. The van der Waals surface area contributed by atoms with Gasteiger partial charge in [0.15, 0.2) is 5.78 Å². The van der Waals surface area contributed by atoms with Crippen molar-refractivity contribution in [1.82, 2.24) is 4.98 Å². The van der Waals surface area contributed by atoms with Gasteiger partial charge in [-0.3, -0.25) is 9.59 Å². The summed E-state index contributed by atoms with van der Waals surface area (Å²) in [5.41, 5.74) is 0.343. The molecular weight excluding hydrogens is 468 g/mol. The number of aromatic nitrogens is 1. The van der Waals surface area contributed by atoms with E-state index in [9.17, 15) is 30.0 Å². The van der Waals surface area contributed by atoms with Gasteiger partial charge in [-0.25, -0.2) is 4.98 Å². The van der Waals surface area contributed by atoms with Crippen LogP contribution in [0, 0.1) is 11.8 Å². The van der Waals surface area contributed by atoms with Gasteiger partial charge in [-0.1, -0.05) is 6.92 Å². The van der Waals surface area contributed by atoms with Gasteiger partial charge in [0, 0.05) is 49.5 Å². The molecule has 0 radical (unpaired) electrons. The molecule has 0 aromatic carbocycles. The molecule has 4 rings (SSSR count). The number of carbonyl (C=O) groups is 2. The van der Waals surface area contributed by atoms with Gasteiger partial charge in [-0.15, -0.1) is 0 Å². The minimum atomic E-state index is -1.16. The molecule has 0 amide bonds. The van der Waals surface area contributed by atoms with Crippen molar-refractivity contribution >= 4 is 17.4 Å². The summed E-state index contributed by atoms with van der Waals surface area (Å²) >= 11 is 0. The van der Waals surface area contributed by atoms with Crippen molar-refractivity contribution in [2.75, 3.05) is 24.6 Å². The fourth-order valence-electron chi connectivity index (χ4n) is 5.12. The third kappa shape index (κ3) is 6.48. The molecule has 10 nitrogen and oxygen atoms in total. The monoisotopic (exact) mass is 506 g/mol. The van der Waals surface area contributed by atoms with E-state index in [2.05, 4.69) is 9.88 Å². The fourth-order valence-corrected chi connectivity index (χ4v) is 5.12. The molecule has 3 aliphatic heterocycles. The van der Waals surface area contributed by atoms with Crippen molar-refractivity contribution in [3.63, 3.8) is 0 Å². The minimum absolute atomic E-state index is 0.0336. The Hall–Kier alpha value is -1.95. The standard InChI is InChI=1S/C26H38N2O8/c1-14(15(2)29)26-22(36-26)11-21-25(34)24(33)17(13-35-21)9-19(31)10-20(32)16-3-4-23(27-12-16)28-7-5-18(30)6-8-28/h3-4,12,14-15,17-18,21-22,24-26,29-30,33-34H,5-11,13H2,1-2H3/t14-,15-,17-,21-,22-,24+,25-,26-/m0/s1. The van der Waals surface area contributed by atoms with E-state index in [0.29, 0.717) is 37.9 Å². The summed E-state index contributed by atoms with van der Waals surface area (Å²) in [4.78, 5) is 31.6. The zero-order valence-electron chi connectivity index (χ0n) is 20.9. The summed E-state index contributed by atoms with van der Waals surface area (Å²) in [6.07, 6.45) is -1.08. The van der Waals surface area contributed by atoms with Crippen LogP contribution in [0.15, 0.2) is 18.3 Å². The molecule has 0 aliphatic carbocycles. The summed E-state index contributed by atoms with van der Waals surface area (Å²) in [5, 5.41) is 40.5. The molecule has 0 saturated carbocycles. The number of ether oxygens (including phenoxy) is 2. The summed E-state index contributed by atoms with van der Waals surface area (Å²) < 4.78 is 11.4. The normalized spacial score (nSPS) is 32.7. The van der Waals surface area contributed by atoms with Gasteiger partial charge in [-0.05, 0) is 31.9 Å². The number of piperidine rings is 1. The molecule has 4 N–H and O–H groups in total.